The van der Waals surface area contributed by atoms with Gasteiger partial charge in [-0.3, -0.25) is 4.79 Å². The fraction of sp³-hybridized carbons (Fsp3) is 0.438. The molecule has 0 spiro atoms. The van der Waals surface area contributed by atoms with Crippen LogP contribution in [0.15, 0.2) is 22.6 Å². The summed E-state index contributed by atoms with van der Waals surface area (Å²) in [7, 11) is 1.66. The number of carbonyl (C=O) groups excluding carboxylic acids is 1. The lowest BCUT2D eigenvalue weighted by Gasteiger charge is -2.04. The number of amides is 1. The van der Waals surface area contributed by atoms with Gasteiger partial charge in [-0.25, -0.2) is 0 Å². The van der Waals surface area contributed by atoms with Gasteiger partial charge in [0, 0.05) is 32.1 Å². The average Bonchev–Trinajstić information content (AvgIpc) is 2.86. The molecule has 0 aliphatic carbocycles. The highest BCUT2D eigenvalue weighted by molar-refractivity contribution is 5.96. The van der Waals surface area contributed by atoms with Gasteiger partial charge in [-0.2, -0.15) is 0 Å². The van der Waals surface area contributed by atoms with Gasteiger partial charge in [0.25, 0.3) is 5.91 Å². The van der Waals surface area contributed by atoms with E-state index in [1.54, 1.807) is 13.2 Å². The predicted molar refractivity (Wildman–Crippen MR) is 90.0 cm³/mol. The van der Waals surface area contributed by atoms with E-state index in [1.807, 2.05) is 26.0 Å². The summed E-state index contributed by atoms with van der Waals surface area (Å²) >= 11 is 0. The number of ether oxygens (including phenoxy) is 1. The summed E-state index contributed by atoms with van der Waals surface area (Å²) in [6.07, 6.45) is 0. The van der Waals surface area contributed by atoms with E-state index < -0.39 is 0 Å². The van der Waals surface area contributed by atoms with Crippen molar-refractivity contribution in [3.63, 3.8) is 0 Å². The Hall–Kier alpha value is -1.56. The van der Waals surface area contributed by atoms with Crippen molar-refractivity contribution in [3.05, 3.63) is 35.1 Å². The molecule has 2 rings (SSSR count). The molecule has 1 heterocycles. The van der Waals surface area contributed by atoms with Gasteiger partial charge in [0.15, 0.2) is 5.76 Å². The van der Waals surface area contributed by atoms with Crippen molar-refractivity contribution in [3.8, 4) is 0 Å². The Bertz CT molecular complexity index is 586. The molecule has 1 amide bonds. The smallest absolute Gasteiger partial charge is 0.287 e. The van der Waals surface area contributed by atoms with E-state index in [1.165, 1.54) is 5.56 Å². The first-order valence-electron chi connectivity index (χ1n) is 7.10. The molecule has 0 unspecified atom stereocenters. The van der Waals surface area contributed by atoms with E-state index in [2.05, 4.69) is 10.6 Å². The maximum absolute atomic E-state index is 12.0. The number of aryl methyl sites for hydroxylation is 2. The zero-order chi connectivity index (χ0) is 15.2. The number of nitrogens with one attached hydrogen (secondary N) is 2. The Morgan fingerprint density at radius 2 is 1.86 bits per heavy atom. The van der Waals surface area contributed by atoms with Gasteiger partial charge in [0.1, 0.15) is 5.58 Å². The van der Waals surface area contributed by atoms with Gasteiger partial charge in [0.2, 0.25) is 0 Å². The lowest BCUT2D eigenvalue weighted by atomic mass is 10.1. The van der Waals surface area contributed by atoms with Crippen LogP contribution in [-0.2, 0) is 4.74 Å². The van der Waals surface area contributed by atoms with Crippen LogP contribution < -0.4 is 10.6 Å². The van der Waals surface area contributed by atoms with Gasteiger partial charge in [-0.1, -0.05) is 0 Å². The van der Waals surface area contributed by atoms with Crippen LogP contribution in [0, 0.1) is 13.8 Å². The normalized spacial score (nSPS) is 10.5. The lowest BCUT2D eigenvalue weighted by Crippen LogP contribution is -2.32. The molecule has 0 atom stereocenters. The Balaban J connectivity index is 0.00000242. The fourth-order valence-electron chi connectivity index (χ4n) is 2.07. The fourth-order valence-corrected chi connectivity index (χ4v) is 2.07. The molecule has 5 nitrogen and oxygen atoms in total. The number of halogens is 1. The minimum atomic E-state index is -0.185. The van der Waals surface area contributed by atoms with Crippen LogP contribution in [0.3, 0.4) is 0 Å². The Morgan fingerprint density at radius 3 is 2.59 bits per heavy atom. The van der Waals surface area contributed by atoms with Crippen molar-refractivity contribution in [1.29, 1.82) is 0 Å². The summed E-state index contributed by atoms with van der Waals surface area (Å²) in [6, 6.07) is 5.79. The molecular formula is C16H23ClN2O3. The highest BCUT2D eigenvalue weighted by Crippen LogP contribution is 2.23. The highest BCUT2D eigenvalue weighted by atomic mass is 35.5. The van der Waals surface area contributed by atoms with Crippen molar-refractivity contribution < 1.29 is 13.9 Å². The lowest BCUT2D eigenvalue weighted by molar-refractivity contribution is 0.0928. The topological polar surface area (TPSA) is 63.5 Å². The Kier molecular flexibility index (Phi) is 7.38. The van der Waals surface area contributed by atoms with Crippen LogP contribution in [0.1, 0.15) is 21.7 Å². The van der Waals surface area contributed by atoms with Crippen LogP contribution in [0.2, 0.25) is 0 Å². The van der Waals surface area contributed by atoms with E-state index in [-0.39, 0.29) is 18.3 Å². The third-order valence-corrected chi connectivity index (χ3v) is 3.43. The van der Waals surface area contributed by atoms with Crippen molar-refractivity contribution in [1.82, 2.24) is 10.6 Å². The molecule has 0 bridgehead atoms. The summed E-state index contributed by atoms with van der Waals surface area (Å²) in [5, 5.41) is 6.95. The van der Waals surface area contributed by atoms with E-state index in [9.17, 15) is 4.79 Å². The second-order valence-corrected chi connectivity index (χ2v) is 5.08. The molecule has 0 saturated carbocycles. The van der Waals surface area contributed by atoms with Crippen molar-refractivity contribution in [2.24, 2.45) is 0 Å². The van der Waals surface area contributed by atoms with Crippen molar-refractivity contribution in [2.45, 2.75) is 13.8 Å². The Labute approximate surface area is 136 Å². The molecule has 122 valence electrons. The SMILES string of the molecule is COCCNCCNC(=O)c1cc2cc(C)c(C)cc2o1.Cl. The molecule has 0 fully saturated rings. The summed E-state index contributed by atoms with van der Waals surface area (Å²) < 4.78 is 10.5. The van der Waals surface area contributed by atoms with Crippen LogP contribution in [0.25, 0.3) is 11.0 Å². The van der Waals surface area contributed by atoms with E-state index in [0.717, 1.165) is 23.1 Å². The first-order valence-corrected chi connectivity index (χ1v) is 7.10. The van der Waals surface area contributed by atoms with Gasteiger partial charge in [0.05, 0.1) is 6.61 Å². The number of methoxy groups -OCH3 is 1. The molecule has 0 radical (unpaired) electrons. The monoisotopic (exact) mass is 326 g/mol. The standard InChI is InChI=1S/C16H22N2O3.ClH/c1-11-8-13-10-15(21-14(13)9-12(11)2)16(19)18-5-4-17-6-7-20-3;/h8-10,17H,4-7H2,1-3H3,(H,18,19);1H. The van der Waals surface area contributed by atoms with Crippen LogP contribution in [0.4, 0.5) is 0 Å². The molecule has 22 heavy (non-hydrogen) atoms. The van der Waals surface area contributed by atoms with Crippen LogP contribution >= 0.6 is 12.4 Å². The van der Waals surface area contributed by atoms with E-state index in [0.29, 0.717) is 25.5 Å². The third-order valence-electron chi connectivity index (χ3n) is 3.43. The molecule has 0 aliphatic rings. The Morgan fingerprint density at radius 1 is 1.14 bits per heavy atom. The number of furan rings is 1. The number of benzene rings is 1. The molecular weight excluding hydrogens is 304 g/mol. The number of carbonyl (C=O) groups is 1. The second kappa shape index (κ2) is 8.78. The maximum Gasteiger partial charge on any atom is 0.287 e. The molecule has 0 aliphatic heterocycles. The molecule has 1 aromatic carbocycles. The first kappa shape index (κ1) is 18.5. The molecule has 1 aromatic heterocycles. The zero-order valence-corrected chi connectivity index (χ0v) is 14.0. The molecule has 6 heteroatoms. The molecule has 2 aromatic rings. The number of hydrogen-bond acceptors (Lipinski definition) is 4. The van der Waals surface area contributed by atoms with Gasteiger partial charge in [-0.05, 0) is 43.2 Å². The first-order chi connectivity index (χ1) is 10.1. The van der Waals surface area contributed by atoms with Gasteiger partial charge in [-0.15, -0.1) is 12.4 Å². The van der Waals surface area contributed by atoms with E-state index in [4.69, 9.17) is 9.15 Å². The van der Waals surface area contributed by atoms with Gasteiger partial charge < -0.3 is 19.8 Å². The molecule has 2 N–H and O–H groups in total. The summed E-state index contributed by atoms with van der Waals surface area (Å²) in [5.74, 6) is 0.168. The van der Waals surface area contributed by atoms with Crippen molar-refractivity contribution >= 4 is 29.3 Å². The van der Waals surface area contributed by atoms with Crippen LogP contribution in [0.5, 0.6) is 0 Å². The summed E-state index contributed by atoms with van der Waals surface area (Å²) in [4.78, 5) is 12.0. The minimum Gasteiger partial charge on any atom is -0.451 e. The molecule has 0 saturated heterocycles. The number of hydrogen-bond donors (Lipinski definition) is 2. The third kappa shape index (κ3) is 4.73. The average molecular weight is 327 g/mol. The quantitative estimate of drug-likeness (QED) is 0.767. The zero-order valence-electron chi connectivity index (χ0n) is 13.2. The summed E-state index contributed by atoms with van der Waals surface area (Å²) in [6.45, 7) is 6.77. The van der Waals surface area contributed by atoms with Crippen molar-refractivity contribution in [2.75, 3.05) is 33.4 Å². The largest absolute Gasteiger partial charge is 0.451 e. The van der Waals surface area contributed by atoms with Crippen LogP contribution in [-0.4, -0.2) is 39.3 Å². The second-order valence-electron chi connectivity index (χ2n) is 5.08. The van der Waals surface area contributed by atoms with E-state index >= 15 is 0 Å². The number of fused-ring (bicyclic) bond motifs is 1. The number of rotatable bonds is 7. The minimum absolute atomic E-state index is 0. The van der Waals surface area contributed by atoms with Gasteiger partial charge >= 0.3 is 0 Å². The maximum atomic E-state index is 12.0. The summed E-state index contributed by atoms with van der Waals surface area (Å²) in [5.41, 5.74) is 3.10. The highest BCUT2D eigenvalue weighted by Gasteiger charge is 2.12. The predicted octanol–water partition coefficient (Wildman–Crippen LogP) is 2.44.